The Balaban J connectivity index is 2.42. The normalized spacial score (nSPS) is 12.4. The van der Waals surface area contributed by atoms with E-state index in [-0.39, 0.29) is 37.8 Å². The van der Waals surface area contributed by atoms with E-state index in [1.807, 2.05) is 0 Å². The molecule has 0 saturated heterocycles. The molecule has 0 aromatic carbocycles. The number of alkyl halides is 3. The van der Waals surface area contributed by atoms with Gasteiger partial charge in [0.05, 0.1) is 29.4 Å². The zero-order chi connectivity index (χ0) is 23.7. The van der Waals surface area contributed by atoms with Gasteiger partial charge in [-0.1, -0.05) is 0 Å². The fourth-order valence-corrected chi connectivity index (χ4v) is 4.30. The van der Waals surface area contributed by atoms with Crippen molar-refractivity contribution >= 4 is 50.1 Å². The van der Waals surface area contributed by atoms with Gasteiger partial charge in [-0.15, -0.1) is 11.3 Å². The second-order valence-electron chi connectivity index (χ2n) is 6.33. The largest absolute Gasteiger partial charge is 0.465 e. The number of nitrogens with one attached hydrogen (secondary N) is 1. The molecule has 0 saturated carbocycles. The molecule has 8 nitrogen and oxygen atoms in total. The summed E-state index contributed by atoms with van der Waals surface area (Å²) < 4.78 is 49.7. The highest BCUT2D eigenvalue weighted by Gasteiger charge is 2.39. The Bertz CT molecular complexity index is 1030. The number of nitrogens with zero attached hydrogens (tertiary/aromatic N) is 2. The number of amides is 1. The quantitative estimate of drug-likeness (QED) is 0.557. The van der Waals surface area contributed by atoms with Gasteiger partial charge in [0.25, 0.3) is 0 Å². The number of thiophene rings is 1. The molecular weight excluding hydrogens is 507 g/mol. The lowest BCUT2D eigenvalue weighted by Crippen LogP contribution is -2.26. The molecule has 13 heteroatoms. The minimum Gasteiger partial charge on any atom is -0.465 e. The SMILES string of the molecule is CCOC(=O)c1sc(NC(=O)C(C)n2nc(C(F)(F)F)c(Br)c2C)c(C(=O)OC)c1C. The summed E-state index contributed by atoms with van der Waals surface area (Å²) in [5.41, 5.74) is -0.838. The van der Waals surface area contributed by atoms with Crippen LogP contribution >= 0.6 is 27.3 Å². The van der Waals surface area contributed by atoms with Crippen LogP contribution in [0.1, 0.15) is 56.9 Å². The third kappa shape index (κ3) is 4.92. The van der Waals surface area contributed by atoms with Crippen LogP contribution in [0.4, 0.5) is 18.2 Å². The first-order valence-corrected chi connectivity index (χ1v) is 10.5. The van der Waals surface area contributed by atoms with Crippen molar-refractivity contribution in [3.05, 3.63) is 31.9 Å². The van der Waals surface area contributed by atoms with Crippen LogP contribution in [0.3, 0.4) is 0 Å². The van der Waals surface area contributed by atoms with Gasteiger partial charge in [0.2, 0.25) is 5.91 Å². The Morgan fingerprint density at radius 3 is 2.35 bits per heavy atom. The number of anilines is 1. The maximum Gasteiger partial charge on any atom is 0.436 e. The molecule has 0 bridgehead atoms. The van der Waals surface area contributed by atoms with Gasteiger partial charge >= 0.3 is 18.1 Å². The first kappa shape index (κ1) is 24.9. The third-order valence-corrected chi connectivity index (χ3v) is 6.46. The highest BCUT2D eigenvalue weighted by atomic mass is 79.9. The van der Waals surface area contributed by atoms with Crippen molar-refractivity contribution in [3.8, 4) is 0 Å². The van der Waals surface area contributed by atoms with Crippen LogP contribution in [-0.4, -0.2) is 41.3 Å². The topological polar surface area (TPSA) is 99.5 Å². The predicted molar refractivity (Wildman–Crippen MR) is 109 cm³/mol. The number of rotatable bonds is 6. The van der Waals surface area contributed by atoms with Crippen LogP contribution in [0.5, 0.6) is 0 Å². The van der Waals surface area contributed by atoms with Crippen molar-refractivity contribution in [2.75, 3.05) is 19.0 Å². The summed E-state index contributed by atoms with van der Waals surface area (Å²) in [7, 11) is 1.14. The maximum absolute atomic E-state index is 13.1. The summed E-state index contributed by atoms with van der Waals surface area (Å²) in [6, 6.07) is -1.16. The lowest BCUT2D eigenvalue weighted by molar-refractivity contribution is -0.142. The summed E-state index contributed by atoms with van der Waals surface area (Å²) in [5.74, 6) is -2.20. The molecule has 0 spiro atoms. The van der Waals surface area contributed by atoms with E-state index >= 15 is 0 Å². The lowest BCUT2D eigenvalue weighted by atomic mass is 10.1. The van der Waals surface area contributed by atoms with Gasteiger partial charge in [-0.05, 0) is 49.2 Å². The van der Waals surface area contributed by atoms with Crippen LogP contribution in [0.25, 0.3) is 0 Å². The molecule has 0 aliphatic heterocycles. The number of carbonyl (C=O) groups excluding carboxylic acids is 3. The van der Waals surface area contributed by atoms with Crippen LogP contribution in [0.2, 0.25) is 0 Å². The van der Waals surface area contributed by atoms with Gasteiger partial charge in [-0.3, -0.25) is 9.48 Å². The molecule has 170 valence electrons. The predicted octanol–water partition coefficient (Wildman–Crippen LogP) is 4.51. The van der Waals surface area contributed by atoms with Crippen LogP contribution in [0, 0.1) is 13.8 Å². The van der Waals surface area contributed by atoms with E-state index in [1.54, 1.807) is 6.92 Å². The summed E-state index contributed by atoms with van der Waals surface area (Å²) in [5, 5.41) is 6.02. The van der Waals surface area contributed by atoms with Crippen LogP contribution in [0.15, 0.2) is 4.47 Å². The molecule has 1 unspecified atom stereocenters. The highest BCUT2D eigenvalue weighted by molar-refractivity contribution is 9.10. The molecule has 0 radical (unpaired) electrons. The van der Waals surface area contributed by atoms with E-state index in [0.717, 1.165) is 23.1 Å². The smallest absolute Gasteiger partial charge is 0.436 e. The van der Waals surface area contributed by atoms with E-state index in [2.05, 4.69) is 26.3 Å². The summed E-state index contributed by atoms with van der Waals surface area (Å²) in [6.07, 6.45) is -4.71. The number of halogens is 4. The van der Waals surface area contributed by atoms with Gasteiger partial charge in [-0.2, -0.15) is 18.3 Å². The molecule has 2 heterocycles. The monoisotopic (exact) mass is 525 g/mol. The number of carbonyl (C=O) groups is 3. The average molecular weight is 526 g/mol. The number of ether oxygens (including phenoxy) is 2. The number of hydrogen-bond donors (Lipinski definition) is 1. The van der Waals surface area contributed by atoms with E-state index in [9.17, 15) is 27.6 Å². The van der Waals surface area contributed by atoms with Crippen molar-refractivity contribution in [1.82, 2.24) is 9.78 Å². The molecule has 0 fully saturated rings. The second kappa shape index (κ2) is 9.39. The second-order valence-corrected chi connectivity index (χ2v) is 8.14. The van der Waals surface area contributed by atoms with Crippen LogP contribution < -0.4 is 5.32 Å². The lowest BCUT2D eigenvalue weighted by Gasteiger charge is -2.14. The van der Waals surface area contributed by atoms with Crippen molar-refractivity contribution in [3.63, 3.8) is 0 Å². The number of aromatic nitrogens is 2. The first-order chi connectivity index (χ1) is 14.3. The Morgan fingerprint density at radius 1 is 1.26 bits per heavy atom. The molecule has 0 aliphatic carbocycles. The molecule has 2 rings (SSSR count). The Hall–Kier alpha value is -2.41. The molecule has 0 aliphatic rings. The molecule has 2 aromatic heterocycles. The summed E-state index contributed by atoms with van der Waals surface area (Å²) in [4.78, 5) is 37.3. The van der Waals surface area contributed by atoms with E-state index < -0.39 is 35.8 Å². The van der Waals surface area contributed by atoms with E-state index in [4.69, 9.17) is 9.47 Å². The van der Waals surface area contributed by atoms with Crippen molar-refractivity contribution in [1.29, 1.82) is 0 Å². The summed E-state index contributed by atoms with van der Waals surface area (Å²) >= 11 is 3.67. The molecule has 1 amide bonds. The molecule has 31 heavy (non-hydrogen) atoms. The maximum atomic E-state index is 13.1. The molecular formula is C18H19BrF3N3O5S. The van der Waals surface area contributed by atoms with Gasteiger partial charge in [0, 0.05) is 0 Å². The minimum absolute atomic E-state index is 0.0178. The number of methoxy groups -OCH3 is 1. The van der Waals surface area contributed by atoms with Gasteiger partial charge in [0.15, 0.2) is 5.69 Å². The standard InChI is InChI=1S/C18H19BrF3N3O5S/c1-6-30-17(28)12-7(2)10(16(27)29-5)15(31-12)23-14(26)9(4)25-8(3)11(19)13(24-25)18(20,21)22/h9H,6H2,1-5H3,(H,23,26). The van der Waals surface area contributed by atoms with Gasteiger partial charge < -0.3 is 14.8 Å². The van der Waals surface area contributed by atoms with E-state index in [1.165, 1.54) is 20.8 Å². The fourth-order valence-electron chi connectivity index (χ4n) is 2.72. The Labute approximate surface area is 187 Å². The molecule has 1 atom stereocenters. The fraction of sp³-hybridized carbons (Fsp3) is 0.444. The minimum atomic E-state index is -4.71. The highest BCUT2D eigenvalue weighted by Crippen LogP contribution is 2.37. The zero-order valence-corrected chi connectivity index (χ0v) is 19.5. The van der Waals surface area contributed by atoms with Crippen molar-refractivity contribution in [2.24, 2.45) is 0 Å². The Kier molecular flexibility index (Phi) is 7.53. The Morgan fingerprint density at radius 2 is 1.87 bits per heavy atom. The third-order valence-electron chi connectivity index (χ3n) is 4.33. The van der Waals surface area contributed by atoms with Gasteiger partial charge in [0.1, 0.15) is 15.9 Å². The summed E-state index contributed by atoms with van der Waals surface area (Å²) in [6.45, 7) is 5.96. The number of hydrogen-bond acceptors (Lipinski definition) is 7. The van der Waals surface area contributed by atoms with Gasteiger partial charge in [-0.25, -0.2) is 9.59 Å². The number of esters is 2. The zero-order valence-electron chi connectivity index (χ0n) is 17.1. The van der Waals surface area contributed by atoms with Crippen molar-refractivity contribution < 1.29 is 37.0 Å². The first-order valence-electron chi connectivity index (χ1n) is 8.86. The van der Waals surface area contributed by atoms with E-state index in [0.29, 0.717) is 0 Å². The van der Waals surface area contributed by atoms with Crippen LogP contribution in [-0.2, 0) is 20.4 Å². The van der Waals surface area contributed by atoms with Crippen molar-refractivity contribution in [2.45, 2.75) is 39.9 Å². The molecule has 1 N–H and O–H groups in total. The average Bonchev–Trinajstić information content (AvgIpc) is 3.17. The molecule has 2 aromatic rings.